The number of aliphatic hydroxyl groups excluding tert-OH is 1. The lowest BCUT2D eigenvalue weighted by Crippen LogP contribution is -2.57. The summed E-state index contributed by atoms with van der Waals surface area (Å²) in [4.78, 5) is 12.1. The van der Waals surface area contributed by atoms with Crippen LogP contribution in [0.5, 0.6) is 0 Å². The summed E-state index contributed by atoms with van der Waals surface area (Å²) in [7, 11) is 0. The Bertz CT molecular complexity index is 881. The number of rotatable bonds is 4. The Kier molecular flexibility index (Phi) is 4.67. The summed E-state index contributed by atoms with van der Waals surface area (Å²) in [5.41, 5.74) is 1.80. The number of hydroxylamine groups is 4. The first-order chi connectivity index (χ1) is 14.7. The maximum atomic E-state index is 11.6. The third-order valence-corrected chi connectivity index (χ3v) is 7.32. The summed E-state index contributed by atoms with van der Waals surface area (Å²) >= 11 is 0. The van der Waals surface area contributed by atoms with E-state index >= 15 is 0 Å². The Balaban J connectivity index is 1.25. The van der Waals surface area contributed by atoms with Crippen LogP contribution in [0.15, 0.2) is 60.7 Å². The minimum absolute atomic E-state index is 0.0527. The molecule has 1 spiro atoms. The van der Waals surface area contributed by atoms with E-state index in [2.05, 4.69) is 41.5 Å². The van der Waals surface area contributed by atoms with Crippen LogP contribution < -0.4 is 0 Å². The molecule has 4 fully saturated rings. The van der Waals surface area contributed by atoms with Crippen molar-refractivity contribution in [2.24, 2.45) is 11.8 Å². The van der Waals surface area contributed by atoms with Gasteiger partial charge in [-0.25, -0.2) is 0 Å². The fraction of sp³-hybridized carbons (Fsp3) is 0.500. The van der Waals surface area contributed by atoms with Crippen molar-refractivity contribution in [2.75, 3.05) is 19.8 Å². The molecule has 0 unspecified atom stereocenters. The summed E-state index contributed by atoms with van der Waals surface area (Å²) in [5, 5.41) is 15.6. The summed E-state index contributed by atoms with van der Waals surface area (Å²) in [6.07, 6.45) is 0.198. The Morgan fingerprint density at radius 2 is 1.40 bits per heavy atom. The number of ether oxygens (including phenoxy) is 1. The van der Waals surface area contributed by atoms with E-state index in [1.54, 1.807) is 0 Å². The molecule has 0 bridgehead atoms. The molecule has 1 aliphatic carbocycles. The monoisotopic (exact) mass is 408 g/mol. The summed E-state index contributed by atoms with van der Waals surface area (Å²) in [6, 6.07) is 20.7. The normalized spacial score (nSPS) is 38.4. The van der Waals surface area contributed by atoms with E-state index in [1.165, 1.54) is 11.1 Å². The van der Waals surface area contributed by atoms with Gasteiger partial charge in [-0.15, -0.1) is 0 Å². The van der Waals surface area contributed by atoms with E-state index in [1.807, 2.05) is 29.3 Å². The van der Waals surface area contributed by atoms with Crippen molar-refractivity contribution in [3.63, 3.8) is 0 Å². The molecule has 3 heterocycles. The zero-order chi connectivity index (χ0) is 20.1. The SMILES string of the molecule is O[C@@H]1[C@@H]2[C@@H](CON2Cc2ccccc2)C[C@@]12OC[C@H]1CON(Cc3ccccc3)[C@H]12. The molecule has 0 amide bonds. The zero-order valence-corrected chi connectivity index (χ0v) is 17.0. The molecule has 1 saturated carbocycles. The van der Waals surface area contributed by atoms with Gasteiger partial charge < -0.3 is 9.84 Å². The standard InChI is InChI=1S/C24H28N2O4/c27-23-21-19(15-29-25(21)12-17-7-3-1-4-8-17)11-24(23)22-20(14-28-24)16-30-26(22)13-18-9-5-2-6-10-18/h1-10,19-23,27H,11-16H2/t19-,20+,21+,22-,23-,24+/m1/s1. The van der Waals surface area contributed by atoms with Crippen molar-refractivity contribution in [3.8, 4) is 0 Å². The lowest BCUT2D eigenvalue weighted by Gasteiger charge is -2.39. The molecule has 6 atom stereocenters. The number of nitrogens with zero attached hydrogens (tertiary/aromatic N) is 2. The van der Waals surface area contributed by atoms with Crippen LogP contribution in [0.25, 0.3) is 0 Å². The van der Waals surface area contributed by atoms with Crippen LogP contribution in [0.3, 0.4) is 0 Å². The van der Waals surface area contributed by atoms with Gasteiger partial charge in [0.15, 0.2) is 0 Å². The third kappa shape index (κ3) is 2.94. The number of hydrogen-bond acceptors (Lipinski definition) is 6. The maximum absolute atomic E-state index is 11.6. The fourth-order valence-electron chi connectivity index (χ4n) is 6.02. The van der Waals surface area contributed by atoms with Crippen LogP contribution in [-0.4, -0.2) is 58.8 Å². The second kappa shape index (κ2) is 7.41. The lowest BCUT2D eigenvalue weighted by molar-refractivity contribution is -0.222. The van der Waals surface area contributed by atoms with E-state index in [4.69, 9.17) is 14.4 Å². The van der Waals surface area contributed by atoms with E-state index in [0.29, 0.717) is 38.8 Å². The van der Waals surface area contributed by atoms with E-state index in [0.717, 1.165) is 6.42 Å². The molecule has 2 aromatic rings. The van der Waals surface area contributed by atoms with Crippen LogP contribution in [0.1, 0.15) is 17.5 Å². The second-order valence-electron chi connectivity index (χ2n) is 9.08. The zero-order valence-electron chi connectivity index (χ0n) is 17.0. The van der Waals surface area contributed by atoms with Gasteiger partial charge in [-0.1, -0.05) is 60.7 Å². The first-order valence-electron chi connectivity index (χ1n) is 10.9. The molecule has 4 aliphatic rings. The van der Waals surface area contributed by atoms with Crippen molar-refractivity contribution >= 4 is 0 Å². The predicted octanol–water partition coefficient (Wildman–Crippen LogP) is 2.38. The summed E-state index contributed by atoms with van der Waals surface area (Å²) in [5.74, 6) is 0.562. The average Bonchev–Trinajstić information content (AvgIpc) is 3.51. The smallest absolute Gasteiger partial charge is 0.114 e. The van der Waals surface area contributed by atoms with Gasteiger partial charge in [-0.3, -0.25) is 9.68 Å². The summed E-state index contributed by atoms with van der Waals surface area (Å²) < 4.78 is 6.43. The molecule has 0 radical (unpaired) electrons. The molecular weight excluding hydrogens is 380 g/mol. The van der Waals surface area contributed by atoms with Crippen LogP contribution in [0.4, 0.5) is 0 Å². The number of fused-ring (bicyclic) bond motifs is 3. The van der Waals surface area contributed by atoms with Crippen LogP contribution in [0, 0.1) is 11.8 Å². The maximum Gasteiger partial charge on any atom is 0.114 e. The Morgan fingerprint density at radius 3 is 2.10 bits per heavy atom. The van der Waals surface area contributed by atoms with Gasteiger partial charge >= 0.3 is 0 Å². The fourth-order valence-corrected chi connectivity index (χ4v) is 6.02. The minimum Gasteiger partial charge on any atom is -0.388 e. The third-order valence-electron chi connectivity index (χ3n) is 7.32. The van der Waals surface area contributed by atoms with Crippen molar-refractivity contribution in [1.82, 2.24) is 10.1 Å². The Hall–Kier alpha value is -1.80. The molecular formula is C24H28N2O4. The number of hydrogen-bond donors (Lipinski definition) is 1. The topological polar surface area (TPSA) is 54.4 Å². The van der Waals surface area contributed by atoms with E-state index in [9.17, 15) is 5.11 Å². The molecule has 3 aliphatic heterocycles. The Morgan fingerprint density at radius 1 is 0.800 bits per heavy atom. The quantitative estimate of drug-likeness (QED) is 0.839. The highest BCUT2D eigenvalue weighted by atomic mass is 16.7. The first kappa shape index (κ1) is 18.9. The van der Waals surface area contributed by atoms with E-state index < -0.39 is 11.7 Å². The van der Waals surface area contributed by atoms with Gasteiger partial charge in [0.25, 0.3) is 0 Å². The molecule has 6 heteroatoms. The molecule has 2 aromatic carbocycles. The van der Waals surface area contributed by atoms with Crippen molar-refractivity contribution in [1.29, 1.82) is 0 Å². The Labute approximate surface area is 176 Å². The molecule has 0 aromatic heterocycles. The van der Waals surface area contributed by atoms with E-state index in [-0.39, 0.29) is 18.0 Å². The molecule has 30 heavy (non-hydrogen) atoms. The van der Waals surface area contributed by atoms with Crippen molar-refractivity contribution < 1.29 is 19.5 Å². The first-order valence-corrected chi connectivity index (χ1v) is 10.9. The molecule has 1 N–H and O–H groups in total. The van der Waals surface area contributed by atoms with Gasteiger partial charge in [0.1, 0.15) is 11.7 Å². The lowest BCUT2D eigenvalue weighted by atomic mass is 9.84. The molecule has 158 valence electrons. The van der Waals surface area contributed by atoms with Gasteiger partial charge in [0.2, 0.25) is 0 Å². The van der Waals surface area contributed by atoms with Crippen LogP contribution in [-0.2, 0) is 27.5 Å². The largest absolute Gasteiger partial charge is 0.388 e. The highest BCUT2D eigenvalue weighted by molar-refractivity contribution is 5.21. The molecule has 6 nitrogen and oxygen atoms in total. The van der Waals surface area contributed by atoms with Crippen LogP contribution >= 0.6 is 0 Å². The van der Waals surface area contributed by atoms with Gasteiger partial charge in [-0.2, -0.15) is 10.1 Å². The minimum atomic E-state index is -0.608. The van der Waals surface area contributed by atoms with Gasteiger partial charge in [0, 0.05) is 24.9 Å². The van der Waals surface area contributed by atoms with Gasteiger partial charge in [0.05, 0.1) is 31.9 Å². The highest BCUT2D eigenvalue weighted by Crippen LogP contribution is 2.53. The van der Waals surface area contributed by atoms with Gasteiger partial charge in [-0.05, 0) is 17.5 Å². The number of benzene rings is 2. The van der Waals surface area contributed by atoms with Crippen molar-refractivity contribution in [3.05, 3.63) is 71.8 Å². The average molecular weight is 408 g/mol. The van der Waals surface area contributed by atoms with Crippen LogP contribution in [0.2, 0.25) is 0 Å². The highest BCUT2D eigenvalue weighted by Gasteiger charge is 2.68. The van der Waals surface area contributed by atoms with Crippen molar-refractivity contribution in [2.45, 2.75) is 43.3 Å². The molecule has 6 rings (SSSR count). The summed E-state index contributed by atoms with van der Waals surface area (Å²) in [6.45, 7) is 3.32. The number of aliphatic hydroxyl groups is 1. The molecule has 3 saturated heterocycles. The second-order valence-corrected chi connectivity index (χ2v) is 9.08. The predicted molar refractivity (Wildman–Crippen MR) is 110 cm³/mol.